The second kappa shape index (κ2) is 7.69. The third-order valence-electron chi connectivity index (χ3n) is 3.69. The first kappa shape index (κ1) is 17.5. The van der Waals surface area contributed by atoms with Crippen molar-refractivity contribution in [3.05, 3.63) is 83.2 Å². The zero-order valence-electron chi connectivity index (χ0n) is 14.0. The van der Waals surface area contributed by atoms with E-state index in [1.165, 1.54) is 24.0 Å². The van der Waals surface area contributed by atoms with E-state index >= 15 is 0 Å². The van der Waals surface area contributed by atoms with Crippen LogP contribution < -0.4 is 10.6 Å². The Morgan fingerprint density at radius 2 is 1.62 bits per heavy atom. The Kier molecular flexibility index (Phi) is 5.17. The number of para-hydroxylation sites is 1. The normalized spacial score (nSPS) is 10.4. The minimum atomic E-state index is -0.851. The Balaban J connectivity index is 1.63. The number of halogens is 2. The molecule has 0 aliphatic rings. The SMILES string of the molecule is Cc1ccc(CNc2ncc(C(=O)Nc3c(F)cccc3F)cn2)cc1. The molecule has 2 N–H and O–H groups in total. The highest BCUT2D eigenvalue weighted by atomic mass is 19.1. The summed E-state index contributed by atoms with van der Waals surface area (Å²) in [5.74, 6) is -2.05. The van der Waals surface area contributed by atoms with Crippen LogP contribution in [0.5, 0.6) is 0 Å². The fourth-order valence-electron chi connectivity index (χ4n) is 2.23. The lowest BCUT2D eigenvalue weighted by Gasteiger charge is -2.08. The van der Waals surface area contributed by atoms with E-state index in [9.17, 15) is 13.6 Å². The van der Waals surface area contributed by atoms with E-state index in [4.69, 9.17) is 0 Å². The molecule has 2 aromatic carbocycles. The van der Waals surface area contributed by atoms with Crippen LogP contribution in [0.25, 0.3) is 0 Å². The zero-order valence-corrected chi connectivity index (χ0v) is 14.0. The van der Waals surface area contributed by atoms with Crippen molar-refractivity contribution in [1.82, 2.24) is 9.97 Å². The van der Waals surface area contributed by atoms with E-state index in [1.807, 2.05) is 31.2 Å². The predicted molar refractivity (Wildman–Crippen MR) is 94.8 cm³/mol. The third kappa shape index (κ3) is 4.18. The Hall–Kier alpha value is -3.35. The quantitative estimate of drug-likeness (QED) is 0.729. The van der Waals surface area contributed by atoms with E-state index in [-0.39, 0.29) is 5.56 Å². The molecule has 3 rings (SSSR count). The van der Waals surface area contributed by atoms with Crippen LogP contribution in [-0.2, 0) is 6.54 Å². The standard InChI is InChI=1S/C19H16F2N4O/c1-12-5-7-13(8-6-12)9-22-19-23-10-14(11-24-19)18(26)25-17-15(20)3-2-4-16(17)21/h2-8,10-11H,9H2,1H3,(H,25,26)(H,22,23,24). The molecular formula is C19H16F2N4O. The number of benzene rings is 2. The maximum Gasteiger partial charge on any atom is 0.258 e. The summed E-state index contributed by atoms with van der Waals surface area (Å²) in [5, 5.41) is 5.23. The van der Waals surface area contributed by atoms with Gasteiger partial charge in [-0.15, -0.1) is 0 Å². The molecular weight excluding hydrogens is 338 g/mol. The number of nitrogens with zero attached hydrogens (tertiary/aromatic N) is 2. The molecule has 0 spiro atoms. The number of hydrogen-bond donors (Lipinski definition) is 2. The molecule has 3 aromatic rings. The van der Waals surface area contributed by atoms with Crippen LogP contribution in [0.1, 0.15) is 21.5 Å². The van der Waals surface area contributed by atoms with Crippen molar-refractivity contribution in [2.45, 2.75) is 13.5 Å². The van der Waals surface area contributed by atoms with Crippen LogP contribution >= 0.6 is 0 Å². The van der Waals surface area contributed by atoms with Gasteiger partial charge in [0.25, 0.3) is 5.91 Å². The van der Waals surface area contributed by atoms with E-state index in [1.54, 1.807) is 0 Å². The van der Waals surface area contributed by atoms with Gasteiger partial charge in [0.1, 0.15) is 17.3 Å². The molecule has 1 heterocycles. The lowest BCUT2D eigenvalue weighted by atomic mass is 10.1. The van der Waals surface area contributed by atoms with Crippen molar-refractivity contribution in [2.75, 3.05) is 10.6 Å². The number of aromatic nitrogens is 2. The van der Waals surface area contributed by atoms with Crippen LogP contribution in [0.15, 0.2) is 54.9 Å². The Morgan fingerprint density at radius 1 is 1.00 bits per heavy atom. The molecule has 1 aromatic heterocycles. The summed E-state index contributed by atoms with van der Waals surface area (Å²) in [6.45, 7) is 2.55. The van der Waals surface area contributed by atoms with Gasteiger partial charge in [0.15, 0.2) is 0 Å². The van der Waals surface area contributed by atoms with E-state index in [2.05, 4.69) is 20.6 Å². The van der Waals surface area contributed by atoms with E-state index in [0.717, 1.165) is 17.7 Å². The van der Waals surface area contributed by atoms with Gasteiger partial charge in [-0.2, -0.15) is 0 Å². The third-order valence-corrected chi connectivity index (χ3v) is 3.69. The first-order valence-electron chi connectivity index (χ1n) is 7.90. The van der Waals surface area contributed by atoms with Crippen molar-refractivity contribution < 1.29 is 13.6 Å². The topological polar surface area (TPSA) is 66.9 Å². The van der Waals surface area contributed by atoms with Crippen molar-refractivity contribution in [2.24, 2.45) is 0 Å². The highest BCUT2D eigenvalue weighted by Crippen LogP contribution is 2.18. The van der Waals surface area contributed by atoms with Crippen molar-refractivity contribution in [3.63, 3.8) is 0 Å². The first-order chi connectivity index (χ1) is 12.5. The van der Waals surface area contributed by atoms with Gasteiger partial charge in [0, 0.05) is 18.9 Å². The second-order valence-corrected chi connectivity index (χ2v) is 5.69. The van der Waals surface area contributed by atoms with Gasteiger partial charge in [-0.05, 0) is 24.6 Å². The average molecular weight is 354 g/mol. The molecule has 0 saturated heterocycles. The van der Waals surface area contributed by atoms with Crippen LogP contribution in [0.4, 0.5) is 20.4 Å². The number of hydrogen-bond acceptors (Lipinski definition) is 4. The molecule has 26 heavy (non-hydrogen) atoms. The van der Waals surface area contributed by atoms with E-state index in [0.29, 0.717) is 12.5 Å². The van der Waals surface area contributed by atoms with Gasteiger partial charge in [0.2, 0.25) is 5.95 Å². The zero-order chi connectivity index (χ0) is 18.5. The number of aryl methyl sites for hydroxylation is 1. The highest BCUT2D eigenvalue weighted by Gasteiger charge is 2.14. The van der Waals surface area contributed by atoms with Crippen LogP contribution in [0.2, 0.25) is 0 Å². The number of nitrogens with one attached hydrogen (secondary N) is 2. The summed E-state index contributed by atoms with van der Waals surface area (Å²) in [5.41, 5.74) is 1.83. The van der Waals surface area contributed by atoms with Gasteiger partial charge in [0.05, 0.1) is 5.56 Å². The molecule has 0 saturated carbocycles. The summed E-state index contributed by atoms with van der Waals surface area (Å²) >= 11 is 0. The number of carbonyl (C=O) groups excluding carboxylic acids is 1. The Morgan fingerprint density at radius 3 is 2.23 bits per heavy atom. The molecule has 0 radical (unpaired) electrons. The lowest BCUT2D eigenvalue weighted by molar-refractivity contribution is 0.102. The fourth-order valence-corrected chi connectivity index (χ4v) is 2.23. The molecule has 0 aliphatic carbocycles. The first-order valence-corrected chi connectivity index (χ1v) is 7.90. The van der Waals surface area contributed by atoms with Gasteiger partial charge < -0.3 is 10.6 Å². The molecule has 0 bridgehead atoms. The number of anilines is 2. The van der Waals surface area contributed by atoms with Crippen LogP contribution in [-0.4, -0.2) is 15.9 Å². The molecule has 132 valence electrons. The van der Waals surface area contributed by atoms with Crippen LogP contribution in [0.3, 0.4) is 0 Å². The molecule has 0 aliphatic heterocycles. The summed E-state index contributed by atoms with van der Waals surface area (Å²) < 4.78 is 27.2. The summed E-state index contributed by atoms with van der Waals surface area (Å²) in [6, 6.07) is 11.3. The van der Waals surface area contributed by atoms with Gasteiger partial charge in [-0.3, -0.25) is 4.79 Å². The Labute approximate surface area is 149 Å². The lowest BCUT2D eigenvalue weighted by Crippen LogP contribution is -2.15. The van der Waals surface area contributed by atoms with Gasteiger partial charge in [-0.1, -0.05) is 35.9 Å². The number of carbonyl (C=O) groups is 1. The van der Waals surface area contributed by atoms with E-state index < -0.39 is 23.2 Å². The van der Waals surface area contributed by atoms with Crippen molar-refractivity contribution in [1.29, 1.82) is 0 Å². The van der Waals surface area contributed by atoms with Gasteiger partial charge in [-0.25, -0.2) is 18.7 Å². The number of rotatable bonds is 5. The maximum absolute atomic E-state index is 13.6. The molecule has 1 amide bonds. The predicted octanol–water partition coefficient (Wildman–Crippen LogP) is 3.93. The second-order valence-electron chi connectivity index (χ2n) is 5.69. The smallest absolute Gasteiger partial charge is 0.258 e. The molecule has 5 nitrogen and oxygen atoms in total. The Bertz CT molecular complexity index is 892. The summed E-state index contributed by atoms with van der Waals surface area (Å²) in [4.78, 5) is 20.2. The monoisotopic (exact) mass is 354 g/mol. The molecule has 7 heteroatoms. The average Bonchev–Trinajstić information content (AvgIpc) is 2.65. The molecule has 0 fully saturated rings. The number of amides is 1. The fraction of sp³-hybridized carbons (Fsp3) is 0.105. The highest BCUT2D eigenvalue weighted by molar-refractivity contribution is 6.04. The van der Waals surface area contributed by atoms with Crippen LogP contribution in [0, 0.1) is 18.6 Å². The minimum absolute atomic E-state index is 0.0912. The maximum atomic E-state index is 13.6. The summed E-state index contributed by atoms with van der Waals surface area (Å²) in [6.07, 6.45) is 2.58. The summed E-state index contributed by atoms with van der Waals surface area (Å²) in [7, 11) is 0. The van der Waals surface area contributed by atoms with Gasteiger partial charge >= 0.3 is 0 Å². The van der Waals surface area contributed by atoms with Crippen molar-refractivity contribution in [3.8, 4) is 0 Å². The van der Waals surface area contributed by atoms with Crippen molar-refractivity contribution >= 4 is 17.5 Å². The molecule has 0 unspecified atom stereocenters. The minimum Gasteiger partial charge on any atom is -0.350 e. The largest absolute Gasteiger partial charge is 0.350 e. The molecule has 0 atom stereocenters.